The summed E-state index contributed by atoms with van der Waals surface area (Å²) >= 11 is 0. The molecule has 0 aromatic heterocycles. The molecule has 3 aliphatic rings. The van der Waals surface area contributed by atoms with E-state index < -0.39 is 24.2 Å². The third-order valence-electron chi connectivity index (χ3n) is 18.9. The number of unbranched alkanes of at least 4 members (excludes halogenated alkanes) is 6. The van der Waals surface area contributed by atoms with Crippen LogP contribution in [0.15, 0.2) is 182 Å². The third kappa shape index (κ3) is 8.94. The second-order valence-corrected chi connectivity index (χ2v) is 35.1. The van der Waals surface area contributed by atoms with Gasteiger partial charge in [-0.05, 0) is 102 Å². The van der Waals surface area contributed by atoms with Gasteiger partial charge in [-0.15, -0.1) is 0 Å². The van der Waals surface area contributed by atoms with Crippen LogP contribution in [0, 0.1) is 0 Å². The van der Waals surface area contributed by atoms with Crippen molar-refractivity contribution in [1.29, 1.82) is 0 Å². The molecule has 9 heteroatoms. The highest BCUT2D eigenvalue weighted by Gasteiger charge is 2.64. The first-order valence-electron chi connectivity index (χ1n) is 32.9. The van der Waals surface area contributed by atoms with Crippen molar-refractivity contribution in [3.63, 3.8) is 0 Å². The zero-order valence-electron chi connectivity index (χ0n) is 52.0. The smallest absolute Gasteiger partial charge is 0.190 e. The normalized spacial score (nSPS) is 14.3. The zero-order valence-corrected chi connectivity index (χ0v) is 55.0. The first-order valence-corrected chi connectivity index (χ1v) is 38.9. The Balaban J connectivity index is 1.44. The molecule has 0 radical (unpaired) electrons. The van der Waals surface area contributed by atoms with Crippen LogP contribution in [-0.4, -0.2) is 63.9 Å². The molecule has 0 bridgehead atoms. The molecule has 0 amide bonds. The van der Waals surface area contributed by atoms with E-state index in [0.29, 0.717) is 39.6 Å². The lowest BCUT2D eigenvalue weighted by Crippen LogP contribution is -2.75. The van der Waals surface area contributed by atoms with E-state index in [9.17, 15) is 0 Å². The maximum atomic E-state index is 7.97. The lowest BCUT2D eigenvalue weighted by atomic mass is 9.93. The fourth-order valence-electron chi connectivity index (χ4n) is 15.2. The van der Waals surface area contributed by atoms with Gasteiger partial charge >= 0.3 is 0 Å². The van der Waals surface area contributed by atoms with Gasteiger partial charge in [-0.25, -0.2) is 0 Å². The molecule has 0 saturated heterocycles. The largest absolute Gasteiger partial charge is 0.490 e. The first-order chi connectivity index (χ1) is 43.1. The maximum Gasteiger partial charge on any atom is 0.190 e. The van der Waals surface area contributed by atoms with Crippen LogP contribution in [-0.2, 0) is 0 Å². The van der Waals surface area contributed by atoms with Gasteiger partial charge in [0.1, 0.15) is 0 Å². The second kappa shape index (κ2) is 25.3. The van der Waals surface area contributed by atoms with Gasteiger partial charge in [-0.3, -0.25) is 0 Å². The number of benzene rings is 10. The standard InChI is InChI=1S/C78H84O6Si3/c1-7-13-49-79-67-68(80-50-14-8-2)74-62-61-63-65-66-64(62)76(86(74,57-41-29-21-30-42-57)58-43-31-22-32-44-58)71(83-53-17-11-5)72(84-54-18-12-6)78(66)87(59-45-33-23-34-46-59,60-47-35-24-36-48-60)77(65)70(82-52-16-10-4)69(81-51-15-9-3)75(63)85(73(61)67,55-37-25-19-26-38-55)56-39-27-20-28-40-56/h19-48H,7-18,49-54H2,1-6H3. The summed E-state index contributed by atoms with van der Waals surface area (Å²) in [5.74, 6) is 5.28. The quantitative estimate of drug-likeness (QED) is 0.0254. The van der Waals surface area contributed by atoms with Crippen molar-refractivity contribution in [2.24, 2.45) is 0 Å². The van der Waals surface area contributed by atoms with Crippen LogP contribution in [0.4, 0.5) is 0 Å². The minimum atomic E-state index is -3.69. The third-order valence-corrected chi connectivity index (χ3v) is 33.5. The van der Waals surface area contributed by atoms with E-state index in [4.69, 9.17) is 28.4 Å². The average Bonchev–Trinajstić information content (AvgIpc) is 1.45. The summed E-state index contributed by atoms with van der Waals surface area (Å²) in [6, 6.07) is 69.2. The second-order valence-electron chi connectivity index (χ2n) is 24.1. The first kappa shape index (κ1) is 58.4. The minimum Gasteiger partial charge on any atom is -0.490 e. The van der Waals surface area contributed by atoms with E-state index in [0.717, 1.165) is 112 Å². The van der Waals surface area contributed by atoms with Gasteiger partial charge in [0.25, 0.3) is 0 Å². The molecule has 0 spiro atoms. The number of hydrogen-bond donors (Lipinski definition) is 0. The molecule has 0 saturated carbocycles. The predicted molar refractivity (Wildman–Crippen MR) is 373 cm³/mol. The summed E-state index contributed by atoms with van der Waals surface area (Å²) in [6.45, 7) is 16.8. The van der Waals surface area contributed by atoms with Crippen molar-refractivity contribution in [3.05, 3.63) is 182 Å². The van der Waals surface area contributed by atoms with E-state index in [-0.39, 0.29) is 0 Å². The average molecular weight is 1200 g/mol. The molecule has 13 rings (SSSR count). The van der Waals surface area contributed by atoms with E-state index >= 15 is 0 Å². The minimum absolute atomic E-state index is 0.534. The van der Waals surface area contributed by atoms with E-state index in [1.54, 1.807) is 0 Å². The molecule has 3 aliphatic heterocycles. The Morgan fingerprint density at radius 3 is 0.471 bits per heavy atom. The molecule has 87 heavy (non-hydrogen) atoms. The molecular weight excluding hydrogens is 1120 g/mol. The van der Waals surface area contributed by atoms with Gasteiger partial charge in [-0.1, -0.05) is 262 Å². The van der Waals surface area contributed by atoms with Crippen molar-refractivity contribution < 1.29 is 28.4 Å². The summed E-state index contributed by atoms with van der Waals surface area (Å²) in [7, 11) is -11.1. The SMILES string of the molecule is CCCCOc1c(OCCCC)c2c3c4c1[Si](c1ccccc1)(c1ccccc1)c1c(OCCCC)c(OCCCC)c5c(c14)c1c(c(OCCCC)c(OCCCC)c(c31)[Si]2(c1ccccc1)c1ccccc1)[Si]5(c1ccccc1)c1ccccc1. The van der Waals surface area contributed by atoms with Crippen LogP contribution in [0.2, 0.25) is 0 Å². The van der Waals surface area contributed by atoms with Gasteiger partial charge in [-0.2, -0.15) is 0 Å². The molecular formula is C78H84O6Si3. The number of ether oxygens (including phenoxy) is 6. The maximum absolute atomic E-state index is 7.97. The molecule has 0 fully saturated rings. The van der Waals surface area contributed by atoms with Crippen LogP contribution in [0.3, 0.4) is 0 Å². The fourth-order valence-corrected chi connectivity index (χ4v) is 31.5. The monoisotopic (exact) mass is 1200 g/mol. The van der Waals surface area contributed by atoms with Crippen LogP contribution >= 0.6 is 0 Å². The van der Waals surface area contributed by atoms with Crippen LogP contribution in [0.5, 0.6) is 34.5 Å². The Labute approximate surface area is 518 Å². The van der Waals surface area contributed by atoms with Crippen molar-refractivity contribution in [2.75, 3.05) is 39.6 Å². The number of hydrogen-bond acceptors (Lipinski definition) is 6. The summed E-state index contributed by atoms with van der Waals surface area (Å²) < 4.78 is 47.8. The summed E-state index contributed by atoms with van der Waals surface area (Å²) in [6.07, 6.45) is 11.2. The van der Waals surface area contributed by atoms with Crippen molar-refractivity contribution in [1.82, 2.24) is 0 Å². The number of rotatable bonds is 30. The predicted octanol–water partition coefficient (Wildman–Crippen LogP) is 11.3. The molecule has 0 aliphatic carbocycles. The Morgan fingerprint density at radius 1 is 0.207 bits per heavy atom. The molecule has 0 N–H and O–H groups in total. The van der Waals surface area contributed by atoms with Gasteiger partial charge in [0.05, 0.1) is 39.6 Å². The summed E-state index contributed by atoms with van der Waals surface area (Å²) in [5, 5.41) is 22.8. The van der Waals surface area contributed by atoms with E-state index in [1.807, 2.05) is 0 Å². The van der Waals surface area contributed by atoms with Gasteiger partial charge in [0, 0.05) is 31.1 Å². The van der Waals surface area contributed by atoms with Crippen LogP contribution < -0.4 is 90.7 Å². The molecule has 10 aromatic rings. The van der Waals surface area contributed by atoms with E-state index in [2.05, 4.69) is 224 Å². The topological polar surface area (TPSA) is 55.4 Å². The Bertz CT molecular complexity index is 3350. The van der Waals surface area contributed by atoms with Gasteiger partial charge in [0.2, 0.25) is 0 Å². The summed E-state index contributed by atoms with van der Waals surface area (Å²) in [5.41, 5.74) is 0. The Morgan fingerprint density at radius 2 is 0.345 bits per heavy atom. The molecule has 0 atom stereocenters. The lowest BCUT2D eigenvalue weighted by Gasteiger charge is -2.37. The Hall–Kier alpha value is -7.57. The van der Waals surface area contributed by atoms with E-state index in [1.165, 1.54) is 94.6 Å². The zero-order chi connectivity index (χ0) is 59.5. The molecule has 0 unspecified atom stereocenters. The molecule has 444 valence electrons. The molecule has 3 heterocycles. The molecule has 6 nitrogen and oxygen atoms in total. The van der Waals surface area contributed by atoms with Crippen molar-refractivity contribution >= 4 is 119 Å². The van der Waals surface area contributed by atoms with Crippen molar-refractivity contribution in [2.45, 2.75) is 119 Å². The van der Waals surface area contributed by atoms with Crippen LogP contribution in [0.25, 0.3) is 32.3 Å². The summed E-state index contributed by atoms with van der Waals surface area (Å²) in [4.78, 5) is 0. The van der Waals surface area contributed by atoms with Crippen LogP contribution in [0.1, 0.15) is 119 Å². The highest BCUT2D eigenvalue weighted by Crippen LogP contribution is 2.54. The molecule has 10 aromatic carbocycles. The lowest BCUT2D eigenvalue weighted by molar-refractivity contribution is 0.265. The highest BCUT2D eigenvalue weighted by atomic mass is 28.3. The Kier molecular flexibility index (Phi) is 17.0. The van der Waals surface area contributed by atoms with Gasteiger partial charge < -0.3 is 28.4 Å². The van der Waals surface area contributed by atoms with Crippen molar-refractivity contribution in [3.8, 4) is 34.5 Å². The fraction of sp³-hybridized carbons (Fsp3) is 0.308. The van der Waals surface area contributed by atoms with Gasteiger partial charge in [0.15, 0.2) is 58.7 Å². The highest BCUT2D eigenvalue weighted by molar-refractivity contribution is 7.29.